The predicted octanol–water partition coefficient (Wildman–Crippen LogP) is -2.50. The quantitative estimate of drug-likeness (QED) is 0.0747. The van der Waals surface area contributed by atoms with E-state index in [2.05, 4.69) is 17.5 Å². The van der Waals surface area contributed by atoms with E-state index in [0.29, 0.717) is 0 Å². The first-order chi connectivity index (χ1) is 10.8. The number of phosphoric acid groups is 4. The molecule has 0 spiro atoms. The van der Waals surface area contributed by atoms with Crippen molar-refractivity contribution in [3.8, 4) is 0 Å². The third kappa shape index (κ3) is 16.8. The zero-order chi connectivity index (χ0) is 20.3. The second-order valence-electron chi connectivity index (χ2n) is 3.85. The number of likely N-dealkylation sites (N-methyl/N-ethyl adjacent to an activating group) is 1. The molecule has 0 heterocycles. The molecule has 0 rings (SSSR count). The molecular weight excluding hydrogens is 484 g/mol. The third-order valence-electron chi connectivity index (χ3n) is 1.62. The predicted molar refractivity (Wildman–Crippen MR) is 89.7 cm³/mol. The second kappa shape index (κ2) is 12.3. The van der Waals surface area contributed by atoms with E-state index in [1.54, 1.807) is 0 Å². The summed E-state index contributed by atoms with van der Waals surface area (Å²) in [6.07, 6.45) is 0. The summed E-state index contributed by atoms with van der Waals surface area (Å²) in [5.74, 6) is -2.21. The number of guanidine groups is 1. The van der Waals surface area contributed by atoms with Gasteiger partial charge in [-0.3, -0.25) is 10.3 Å². The van der Waals surface area contributed by atoms with Crippen LogP contribution < -0.4 is 5.73 Å². The van der Waals surface area contributed by atoms with Crippen LogP contribution in [0.4, 0.5) is 0 Å². The summed E-state index contributed by atoms with van der Waals surface area (Å²) in [6.45, 7) is -0.861. The number of nitrogens with two attached hydrogens (primary N) is 1. The molecule has 0 aliphatic rings. The zero-order valence-corrected chi connectivity index (χ0v) is 15.5. The van der Waals surface area contributed by atoms with Crippen molar-refractivity contribution in [1.29, 1.82) is 5.41 Å². The normalized spacial score (nSPS) is 17.7. The maximum absolute atomic E-state index is 11.4. The van der Waals surface area contributed by atoms with Crippen molar-refractivity contribution in [1.82, 2.24) is 4.90 Å². The number of nitrogens with one attached hydrogen (secondary N) is 1. The van der Waals surface area contributed by atoms with Gasteiger partial charge in [0.15, 0.2) is 5.96 Å². The van der Waals surface area contributed by atoms with Crippen LogP contribution in [0.15, 0.2) is 0 Å². The minimum atomic E-state index is -5.98. The molecule has 0 aromatic heterocycles. The molecule has 152 valence electrons. The molecular formula is C4H15N3Na2O14P4. The summed E-state index contributed by atoms with van der Waals surface area (Å²) in [4.78, 5) is 55.5. The first-order valence-corrected chi connectivity index (χ1v) is 11.3. The molecule has 17 nitrogen and oxygen atoms in total. The van der Waals surface area contributed by atoms with E-state index in [9.17, 15) is 23.1 Å². The van der Waals surface area contributed by atoms with Gasteiger partial charge in [-0.25, -0.2) is 23.1 Å². The van der Waals surface area contributed by atoms with Crippen LogP contribution in [-0.4, -0.2) is 114 Å². The van der Waals surface area contributed by atoms with Gasteiger partial charge in [-0.2, -0.15) is 12.9 Å². The number of carbonyl (C=O) groups is 1. The van der Waals surface area contributed by atoms with E-state index in [0.717, 1.165) is 11.9 Å². The summed E-state index contributed by atoms with van der Waals surface area (Å²) in [7, 11) is -22.2. The Morgan fingerprint density at radius 3 is 1.67 bits per heavy atom. The Kier molecular flexibility index (Phi) is 15.0. The fourth-order valence-electron chi connectivity index (χ4n) is 0.878. The fraction of sp³-hybridized carbons (Fsp3) is 0.500. The molecule has 0 aromatic carbocycles. The van der Waals surface area contributed by atoms with Crippen LogP contribution in [0, 0.1) is 5.41 Å². The average molecular weight is 499 g/mol. The van der Waals surface area contributed by atoms with Crippen LogP contribution >= 0.6 is 31.3 Å². The van der Waals surface area contributed by atoms with E-state index in [1.807, 2.05) is 0 Å². The molecule has 0 saturated carbocycles. The van der Waals surface area contributed by atoms with Gasteiger partial charge in [0.05, 0.1) is 0 Å². The number of rotatable bonds is 9. The summed E-state index contributed by atoms with van der Waals surface area (Å²) in [5.41, 5.74) is 4.97. The van der Waals surface area contributed by atoms with Crippen molar-refractivity contribution >= 4 is 102 Å². The van der Waals surface area contributed by atoms with Gasteiger partial charge < -0.3 is 34.7 Å². The van der Waals surface area contributed by atoms with Crippen LogP contribution in [0.3, 0.4) is 0 Å². The van der Waals surface area contributed by atoms with Gasteiger partial charge in [0.2, 0.25) is 0 Å². The molecule has 3 atom stereocenters. The van der Waals surface area contributed by atoms with Gasteiger partial charge in [-0.05, 0) is 0 Å². The Bertz CT molecular complexity index is 723. The van der Waals surface area contributed by atoms with E-state index in [4.69, 9.17) is 35.6 Å². The molecule has 23 heteroatoms. The molecule has 27 heavy (non-hydrogen) atoms. The fourth-order valence-corrected chi connectivity index (χ4v) is 5.26. The van der Waals surface area contributed by atoms with Crippen LogP contribution in [0.2, 0.25) is 0 Å². The number of hydrogen-bond donors (Lipinski definition) is 7. The van der Waals surface area contributed by atoms with Crippen molar-refractivity contribution in [3.05, 3.63) is 0 Å². The SMILES string of the molecule is CN(CC(=O)OP(=O)(O)OP(=O)(O)OP(=O)(O)OP(=O)(O)O)C(=N)N.[NaH].[NaH]. The Morgan fingerprint density at radius 1 is 0.926 bits per heavy atom. The number of nitrogens with zero attached hydrogens (tertiary/aromatic N) is 1. The first kappa shape index (κ1) is 33.0. The number of phosphoric ester groups is 1. The maximum atomic E-state index is 11.4. The van der Waals surface area contributed by atoms with Gasteiger partial charge in [-0.1, -0.05) is 0 Å². The van der Waals surface area contributed by atoms with E-state index < -0.39 is 49.8 Å². The van der Waals surface area contributed by atoms with E-state index in [-0.39, 0.29) is 59.1 Å². The standard InChI is InChI=1S/C4H13N3O14P4.2Na.2H/c1-7(4(5)6)2-3(8)18-23(12,13)20-25(16,17)21-24(14,15)19-22(9,10)11;;;;/h2H2,1H3,(H3,5,6)(H,12,13)(H,14,15)(H,16,17)(H2,9,10,11);;;;. The van der Waals surface area contributed by atoms with Crippen LogP contribution in [0.1, 0.15) is 0 Å². The van der Waals surface area contributed by atoms with Gasteiger partial charge >= 0.3 is 96.4 Å². The molecule has 0 aromatic rings. The van der Waals surface area contributed by atoms with Crippen molar-refractivity contribution in [2.75, 3.05) is 13.6 Å². The van der Waals surface area contributed by atoms with Crippen LogP contribution in [-0.2, 0) is 40.5 Å². The van der Waals surface area contributed by atoms with Crippen LogP contribution in [0.25, 0.3) is 0 Å². The minimum absolute atomic E-state index is 0. The van der Waals surface area contributed by atoms with E-state index in [1.165, 1.54) is 0 Å². The molecule has 0 bridgehead atoms. The molecule has 3 unspecified atom stereocenters. The molecule has 0 aliphatic carbocycles. The first-order valence-electron chi connectivity index (χ1n) is 5.30. The zero-order valence-electron chi connectivity index (χ0n) is 11.9. The molecule has 0 amide bonds. The van der Waals surface area contributed by atoms with E-state index >= 15 is 0 Å². The Morgan fingerprint density at radius 2 is 1.30 bits per heavy atom. The molecule has 0 saturated heterocycles. The average Bonchev–Trinajstić information content (AvgIpc) is 2.18. The third-order valence-corrected chi connectivity index (χ3v) is 7.03. The van der Waals surface area contributed by atoms with Crippen molar-refractivity contribution < 1.29 is 65.0 Å². The summed E-state index contributed by atoms with van der Waals surface area (Å²) < 4.78 is 57.8. The monoisotopic (exact) mass is 499 g/mol. The Balaban J connectivity index is -0.00000288. The Labute approximate surface area is 195 Å². The summed E-state index contributed by atoms with van der Waals surface area (Å²) in [6, 6.07) is 0. The summed E-state index contributed by atoms with van der Waals surface area (Å²) >= 11 is 0. The van der Waals surface area contributed by atoms with Gasteiger partial charge in [0, 0.05) is 7.05 Å². The Hall–Kier alpha value is 1.34. The van der Waals surface area contributed by atoms with Gasteiger partial charge in [-0.15, -0.1) is 0 Å². The number of carbonyl (C=O) groups excluding carboxylic acids is 1. The number of hydrogen-bond acceptors (Lipinski definition) is 10. The molecule has 0 aliphatic heterocycles. The van der Waals surface area contributed by atoms with Crippen LogP contribution in [0.5, 0.6) is 0 Å². The molecule has 8 N–H and O–H groups in total. The second-order valence-corrected chi connectivity index (χ2v) is 9.78. The van der Waals surface area contributed by atoms with Gasteiger partial charge in [0.1, 0.15) is 6.54 Å². The van der Waals surface area contributed by atoms with Crippen molar-refractivity contribution in [2.24, 2.45) is 5.73 Å². The molecule has 0 fully saturated rings. The van der Waals surface area contributed by atoms with Gasteiger partial charge in [0.25, 0.3) is 0 Å². The van der Waals surface area contributed by atoms with Crippen molar-refractivity contribution in [2.45, 2.75) is 0 Å². The molecule has 0 radical (unpaired) electrons. The summed E-state index contributed by atoms with van der Waals surface area (Å²) in [5, 5.41) is 6.93. The van der Waals surface area contributed by atoms with Crippen molar-refractivity contribution in [3.63, 3.8) is 0 Å². The topological polar surface area (TPSA) is 277 Å².